The minimum Gasteiger partial charge on any atom is -0.481 e. The number of aliphatic carboxylic acids is 1. The summed E-state index contributed by atoms with van der Waals surface area (Å²) in [6, 6.07) is 0. The molecule has 1 amide bonds. The van der Waals surface area contributed by atoms with Crippen LogP contribution >= 0.6 is 0 Å². The van der Waals surface area contributed by atoms with Crippen LogP contribution in [0.4, 0.5) is 0 Å². The van der Waals surface area contributed by atoms with Crippen LogP contribution in [0.3, 0.4) is 0 Å². The fraction of sp³-hybridized carbons (Fsp3) is 0.857. The highest BCUT2D eigenvalue weighted by molar-refractivity contribution is 5.79. The molecule has 1 rings (SSSR count). The van der Waals surface area contributed by atoms with E-state index >= 15 is 0 Å². The Balaban J connectivity index is 2.41. The smallest absolute Gasteiger partial charge is 0.303 e. The van der Waals surface area contributed by atoms with Gasteiger partial charge in [0.2, 0.25) is 5.91 Å². The number of amides is 1. The molecule has 0 aromatic rings. The zero-order valence-corrected chi connectivity index (χ0v) is 12.0. The van der Waals surface area contributed by atoms with Crippen molar-refractivity contribution in [1.82, 2.24) is 5.32 Å². The topological polar surface area (TPSA) is 75.6 Å². The summed E-state index contributed by atoms with van der Waals surface area (Å²) in [6.07, 6.45) is 1.63. The van der Waals surface area contributed by atoms with Crippen LogP contribution in [-0.2, 0) is 14.3 Å². The van der Waals surface area contributed by atoms with Gasteiger partial charge in [0.1, 0.15) is 0 Å². The first-order valence-electron chi connectivity index (χ1n) is 7.01. The molecule has 0 spiro atoms. The summed E-state index contributed by atoms with van der Waals surface area (Å²) in [5.74, 6) is -0.486. The van der Waals surface area contributed by atoms with E-state index in [2.05, 4.69) is 19.2 Å². The first kappa shape index (κ1) is 16.0. The molecule has 1 aliphatic heterocycles. The van der Waals surface area contributed by atoms with Gasteiger partial charge in [0.05, 0.1) is 12.0 Å². The van der Waals surface area contributed by atoms with E-state index in [1.54, 1.807) is 0 Å². The van der Waals surface area contributed by atoms with Crippen LogP contribution in [0.25, 0.3) is 0 Å². The molecule has 3 unspecified atom stereocenters. The highest BCUT2D eigenvalue weighted by atomic mass is 16.5. The van der Waals surface area contributed by atoms with Gasteiger partial charge in [-0.15, -0.1) is 0 Å². The molecule has 0 aliphatic carbocycles. The predicted octanol–water partition coefficient (Wildman–Crippen LogP) is 1.66. The average molecular weight is 271 g/mol. The van der Waals surface area contributed by atoms with Gasteiger partial charge in [0.25, 0.3) is 0 Å². The number of nitrogens with one attached hydrogen (secondary N) is 1. The molecule has 0 bridgehead atoms. The zero-order chi connectivity index (χ0) is 14.4. The number of carbonyl (C=O) groups excluding carboxylic acids is 1. The Labute approximate surface area is 114 Å². The van der Waals surface area contributed by atoms with Crippen molar-refractivity contribution in [3.05, 3.63) is 0 Å². The highest BCUT2D eigenvalue weighted by Crippen LogP contribution is 2.21. The second-order valence-electron chi connectivity index (χ2n) is 5.81. The van der Waals surface area contributed by atoms with Gasteiger partial charge in [-0.2, -0.15) is 0 Å². The van der Waals surface area contributed by atoms with Gasteiger partial charge < -0.3 is 15.2 Å². The Kier molecular flexibility index (Phi) is 6.28. The van der Waals surface area contributed by atoms with E-state index in [4.69, 9.17) is 9.84 Å². The SMILES string of the molecule is CC(C)CC(CNC(=O)C1CCOC1C)CC(=O)O. The van der Waals surface area contributed by atoms with Crippen molar-refractivity contribution in [2.24, 2.45) is 17.8 Å². The van der Waals surface area contributed by atoms with E-state index in [1.807, 2.05) is 6.92 Å². The van der Waals surface area contributed by atoms with Crippen LogP contribution in [-0.4, -0.2) is 36.2 Å². The standard InChI is InChI=1S/C14H25NO4/c1-9(2)6-11(7-13(16)17)8-15-14(18)12-4-5-19-10(12)3/h9-12H,4-8H2,1-3H3,(H,15,18)(H,16,17). The van der Waals surface area contributed by atoms with Crippen LogP contribution in [0.15, 0.2) is 0 Å². The Bertz CT molecular complexity index is 317. The minimum absolute atomic E-state index is 0.000854. The number of carbonyl (C=O) groups is 2. The highest BCUT2D eigenvalue weighted by Gasteiger charge is 2.30. The lowest BCUT2D eigenvalue weighted by Gasteiger charge is -2.20. The van der Waals surface area contributed by atoms with Crippen molar-refractivity contribution in [1.29, 1.82) is 0 Å². The van der Waals surface area contributed by atoms with Gasteiger partial charge in [-0.25, -0.2) is 0 Å². The lowest BCUT2D eigenvalue weighted by atomic mass is 9.93. The first-order chi connectivity index (χ1) is 8.90. The van der Waals surface area contributed by atoms with E-state index in [9.17, 15) is 9.59 Å². The van der Waals surface area contributed by atoms with E-state index in [0.29, 0.717) is 19.1 Å². The van der Waals surface area contributed by atoms with Crippen LogP contribution < -0.4 is 5.32 Å². The monoisotopic (exact) mass is 271 g/mol. The van der Waals surface area contributed by atoms with Crippen LogP contribution in [0.1, 0.15) is 40.0 Å². The summed E-state index contributed by atoms with van der Waals surface area (Å²) in [5, 5.41) is 11.8. The minimum atomic E-state index is -0.808. The summed E-state index contributed by atoms with van der Waals surface area (Å²) in [5.41, 5.74) is 0. The molecule has 1 fully saturated rings. The molecule has 19 heavy (non-hydrogen) atoms. The molecule has 0 radical (unpaired) electrons. The molecule has 1 heterocycles. The lowest BCUT2D eigenvalue weighted by Crippen LogP contribution is -2.37. The first-order valence-corrected chi connectivity index (χ1v) is 7.01. The fourth-order valence-corrected chi connectivity index (χ4v) is 2.60. The third-order valence-electron chi connectivity index (χ3n) is 3.55. The number of carboxylic acids is 1. The molecule has 1 saturated heterocycles. The van der Waals surface area contributed by atoms with Crippen LogP contribution in [0.2, 0.25) is 0 Å². The Morgan fingerprint density at radius 2 is 2.11 bits per heavy atom. The van der Waals surface area contributed by atoms with Crippen molar-refractivity contribution in [3.8, 4) is 0 Å². The predicted molar refractivity (Wildman–Crippen MR) is 71.7 cm³/mol. The van der Waals surface area contributed by atoms with E-state index < -0.39 is 5.97 Å². The molecule has 0 aromatic carbocycles. The number of hydrogen-bond donors (Lipinski definition) is 2. The third-order valence-corrected chi connectivity index (χ3v) is 3.55. The molecule has 110 valence electrons. The maximum absolute atomic E-state index is 12.0. The van der Waals surface area contributed by atoms with E-state index in [1.165, 1.54) is 0 Å². The average Bonchev–Trinajstić information content (AvgIpc) is 2.70. The van der Waals surface area contributed by atoms with Gasteiger partial charge >= 0.3 is 5.97 Å². The van der Waals surface area contributed by atoms with E-state index in [-0.39, 0.29) is 30.3 Å². The summed E-state index contributed by atoms with van der Waals surface area (Å²) < 4.78 is 5.37. The fourth-order valence-electron chi connectivity index (χ4n) is 2.60. The molecule has 1 aliphatic rings. The van der Waals surface area contributed by atoms with Gasteiger partial charge in [0.15, 0.2) is 0 Å². The maximum atomic E-state index is 12.0. The maximum Gasteiger partial charge on any atom is 0.303 e. The van der Waals surface area contributed by atoms with Crippen LogP contribution in [0, 0.1) is 17.8 Å². The summed E-state index contributed by atoms with van der Waals surface area (Å²) in [6.45, 7) is 7.09. The number of hydrogen-bond acceptors (Lipinski definition) is 3. The van der Waals surface area contributed by atoms with Gasteiger partial charge in [-0.1, -0.05) is 13.8 Å². The Morgan fingerprint density at radius 1 is 1.42 bits per heavy atom. The molecule has 5 heteroatoms. The van der Waals surface area contributed by atoms with Crippen molar-refractivity contribution in [2.75, 3.05) is 13.2 Å². The number of ether oxygens (including phenoxy) is 1. The van der Waals surface area contributed by atoms with Gasteiger partial charge in [0, 0.05) is 19.6 Å². The molecule has 3 atom stereocenters. The number of carboxylic acid groups (broad SMARTS) is 1. The lowest BCUT2D eigenvalue weighted by molar-refractivity contribution is -0.138. The molecule has 0 aromatic heterocycles. The molecular formula is C14H25NO4. The van der Waals surface area contributed by atoms with E-state index in [0.717, 1.165) is 12.8 Å². The largest absolute Gasteiger partial charge is 0.481 e. The Morgan fingerprint density at radius 3 is 2.58 bits per heavy atom. The summed E-state index contributed by atoms with van der Waals surface area (Å²) in [4.78, 5) is 22.8. The molecule has 0 saturated carbocycles. The molecule has 2 N–H and O–H groups in total. The van der Waals surface area contributed by atoms with Gasteiger partial charge in [-0.05, 0) is 31.6 Å². The normalized spacial score (nSPS) is 24.4. The van der Waals surface area contributed by atoms with Crippen molar-refractivity contribution in [2.45, 2.75) is 46.1 Å². The molecular weight excluding hydrogens is 246 g/mol. The summed E-state index contributed by atoms with van der Waals surface area (Å²) >= 11 is 0. The Hall–Kier alpha value is -1.10. The quantitative estimate of drug-likeness (QED) is 0.738. The third kappa shape index (κ3) is 5.59. The zero-order valence-electron chi connectivity index (χ0n) is 12.0. The molecule has 5 nitrogen and oxygen atoms in total. The van der Waals surface area contributed by atoms with Gasteiger partial charge in [-0.3, -0.25) is 9.59 Å². The van der Waals surface area contributed by atoms with Crippen molar-refractivity contribution in [3.63, 3.8) is 0 Å². The number of rotatable bonds is 7. The second-order valence-corrected chi connectivity index (χ2v) is 5.81. The summed E-state index contributed by atoms with van der Waals surface area (Å²) in [7, 11) is 0. The van der Waals surface area contributed by atoms with Crippen molar-refractivity contribution >= 4 is 11.9 Å². The van der Waals surface area contributed by atoms with Crippen LogP contribution in [0.5, 0.6) is 0 Å². The van der Waals surface area contributed by atoms with Crippen molar-refractivity contribution < 1.29 is 19.4 Å². The second kappa shape index (κ2) is 7.48.